The molecule has 252 valence electrons. The molecule has 6 nitrogen and oxygen atoms in total. The van der Waals surface area contributed by atoms with Gasteiger partial charge in [0, 0.05) is 49.8 Å². The van der Waals surface area contributed by atoms with Crippen LogP contribution in [-0.2, 0) is 0 Å². The Kier molecular flexibility index (Phi) is 6.75. The van der Waals surface area contributed by atoms with Crippen LogP contribution in [-0.4, -0.2) is 29.1 Å². The topological polar surface area (TPSA) is 61.4 Å². The van der Waals surface area contributed by atoms with Gasteiger partial charge in [0.2, 0.25) is 0 Å². The molecule has 0 N–H and O–H groups in total. The molecule has 11 rings (SSSR count). The minimum Gasteiger partial charge on any atom is -0.309 e. The Labute approximate surface area is 310 Å². The zero-order valence-electron chi connectivity index (χ0n) is 29.0. The van der Waals surface area contributed by atoms with E-state index in [9.17, 15) is 0 Å². The average Bonchev–Trinajstić information content (AvgIpc) is 3.75. The summed E-state index contributed by atoms with van der Waals surface area (Å²) in [6.07, 6.45) is 1.85. The Morgan fingerprint density at radius 1 is 0.333 bits per heavy atom. The van der Waals surface area contributed by atoms with Gasteiger partial charge in [0.15, 0.2) is 17.5 Å². The maximum Gasteiger partial charge on any atom is 0.164 e. The summed E-state index contributed by atoms with van der Waals surface area (Å²) in [5, 5.41) is 7.19. The highest BCUT2D eigenvalue weighted by molar-refractivity contribution is 6.19. The molecule has 0 aliphatic carbocycles. The lowest BCUT2D eigenvalue weighted by molar-refractivity contribution is 1.05. The van der Waals surface area contributed by atoms with Gasteiger partial charge in [-0.2, -0.15) is 0 Å². The van der Waals surface area contributed by atoms with Crippen LogP contribution in [0.1, 0.15) is 0 Å². The normalized spacial score (nSPS) is 11.7. The lowest BCUT2D eigenvalue weighted by atomic mass is 10.1. The molecule has 0 aliphatic heterocycles. The van der Waals surface area contributed by atoms with Crippen LogP contribution in [0.4, 0.5) is 0 Å². The van der Waals surface area contributed by atoms with Crippen LogP contribution in [0.3, 0.4) is 0 Å². The van der Waals surface area contributed by atoms with Gasteiger partial charge in [-0.15, -0.1) is 0 Å². The van der Waals surface area contributed by atoms with Crippen molar-refractivity contribution in [2.75, 3.05) is 0 Å². The van der Waals surface area contributed by atoms with E-state index in [4.69, 9.17) is 19.9 Å². The van der Waals surface area contributed by atoms with Crippen molar-refractivity contribution < 1.29 is 0 Å². The van der Waals surface area contributed by atoms with Crippen molar-refractivity contribution in [3.63, 3.8) is 0 Å². The molecule has 0 spiro atoms. The van der Waals surface area contributed by atoms with Crippen LogP contribution >= 0.6 is 0 Å². The first-order valence-corrected chi connectivity index (χ1v) is 18.1. The quantitative estimate of drug-likeness (QED) is 0.180. The lowest BCUT2D eigenvalue weighted by Gasteiger charge is -2.12. The predicted molar refractivity (Wildman–Crippen MR) is 220 cm³/mol. The zero-order valence-corrected chi connectivity index (χ0v) is 29.0. The van der Waals surface area contributed by atoms with Crippen LogP contribution in [0, 0.1) is 0 Å². The summed E-state index contributed by atoms with van der Waals surface area (Å²) in [5.41, 5.74) is 8.33. The van der Waals surface area contributed by atoms with Crippen molar-refractivity contribution in [1.29, 1.82) is 0 Å². The molecule has 11 aromatic rings. The standard InChI is InChI=1S/C48H30N6/c1-3-15-32(16-4-1)46-50-47(33-17-5-2-6-18-33)52-48(51-46)34-26-27-49-45(28-34)54-42-24-12-10-22-37(42)39-29-38-36-21-9-11-23-41(36)53(43(38)30-44(39)54)40-25-13-19-31-14-7-8-20-35(31)40/h1-30H. The Morgan fingerprint density at radius 2 is 0.852 bits per heavy atom. The number of benzene rings is 7. The fraction of sp³-hybridized carbons (Fsp3) is 0. The SMILES string of the molecule is c1ccc(-c2nc(-c3ccccc3)nc(-c3ccnc(-n4c5ccccc5c5cc6c7ccccc7n(-c7cccc8ccccc78)c6cc54)c3)n2)cc1. The second-order valence-electron chi connectivity index (χ2n) is 13.5. The van der Waals surface area contributed by atoms with E-state index in [1.165, 1.54) is 37.8 Å². The predicted octanol–water partition coefficient (Wildman–Crippen LogP) is 11.6. The highest BCUT2D eigenvalue weighted by Gasteiger charge is 2.20. The van der Waals surface area contributed by atoms with Crippen LogP contribution in [0.5, 0.6) is 0 Å². The number of pyridine rings is 1. The molecule has 0 unspecified atom stereocenters. The fourth-order valence-electron chi connectivity index (χ4n) is 7.96. The molecule has 0 atom stereocenters. The van der Waals surface area contributed by atoms with Gasteiger partial charge in [-0.1, -0.05) is 133 Å². The van der Waals surface area contributed by atoms with Gasteiger partial charge in [0.1, 0.15) is 5.82 Å². The van der Waals surface area contributed by atoms with Crippen molar-refractivity contribution in [2.24, 2.45) is 0 Å². The number of rotatable bonds is 5. The van der Waals surface area contributed by atoms with E-state index >= 15 is 0 Å². The first-order chi connectivity index (χ1) is 26.8. The Bertz CT molecular complexity index is 3150. The van der Waals surface area contributed by atoms with Crippen LogP contribution < -0.4 is 0 Å². The highest BCUT2D eigenvalue weighted by atomic mass is 15.1. The van der Waals surface area contributed by atoms with Crippen molar-refractivity contribution in [3.8, 4) is 45.7 Å². The summed E-state index contributed by atoms with van der Waals surface area (Å²) < 4.78 is 4.69. The summed E-state index contributed by atoms with van der Waals surface area (Å²) in [4.78, 5) is 19.9. The molecule has 4 aromatic heterocycles. The van der Waals surface area contributed by atoms with E-state index in [1.54, 1.807) is 0 Å². The number of hydrogen-bond donors (Lipinski definition) is 0. The van der Waals surface area contributed by atoms with Crippen molar-refractivity contribution in [3.05, 3.63) is 182 Å². The Balaban J connectivity index is 1.17. The molecule has 0 radical (unpaired) electrons. The molecule has 0 fully saturated rings. The summed E-state index contributed by atoms with van der Waals surface area (Å²) >= 11 is 0. The number of nitrogens with zero attached hydrogens (tertiary/aromatic N) is 6. The smallest absolute Gasteiger partial charge is 0.164 e. The monoisotopic (exact) mass is 690 g/mol. The maximum absolute atomic E-state index is 5.02. The zero-order chi connectivity index (χ0) is 35.6. The first kappa shape index (κ1) is 30.2. The highest BCUT2D eigenvalue weighted by Crippen LogP contribution is 2.40. The summed E-state index contributed by atoms with van der Waals surface area (Å²) in [6.45, 7) is 0. The van der Waals surface area contributed by atoms with Gasteiger partial charge in [-0.3, -0.25) is 4.57 Å². The van der Waals surface area contributed by atoms with Crippen LogP contribution in [0.2, 0.25) is 0 Å². The van der Waals surface area contributed by atoms with E-state index < -0.39 is 0 Å². The molecule has 0 aliphatic rings. The molecule has 0 saturated carbocycles. The van der Waals surface area contributed by atoms with Gasteiger partial charge in [0.05, 0.1) is 27.8 Å². The summed E-state index contributed by atoms with van der Waals surface area (Å²) in [5.74, 6) is 2.62. The van der Waals surface area contributed by atoms with Gasteiger partial charge < -0.3 is 4.57 Å². The largest absolute Gasteiger partial charge is 0.309 e. The van der Waals surface area contributed by atoms with Crippen molar-refractivity contribution in [2.45, 2.75) is 0 Å². The van der Waals surface area contributed by atoms with E-state index in [1.807, 2.05) is 72.9 Å². The second kappa shape index (κ2) is 12.1. The van der Waals surface area contributed by atoms with E-state index in [2.05, 4.69) is 118 Å². The third-order valence-electron chi connectivity index (χ3n) is 10.4. The van der Waals surface area contributed by atoms with Gasteiger partial charge in [-0.25, -0.2) is 19.9 Å². The van der Waals surface area contributed by atoms with E-state index in [0.29, 0.717) is 17.5 Å². The first-order valence-electron chi connectivity index (χ1n) is 18.1. The van der Waals surface area contributed by atoms with Gasteiger partial charge in [0.25, 0.3) is 0 Å². The molecule has 0 saturated heterocycles. The molecule has 4 heterocycles. The lowest BCUT2D eigenvalue weighted by Crippen LogP contribution is -2.02. The molecule has 6 heteroatoms. The third kappa shape index (κ3) is 4.74. The third-order valence-corrected chi connectivity index (χ3v) is 10.4. The Hall–Kier alpha value is -7.44. The van der Waals surface area contributed by atoms with E-state index in [0.717, 1.165) is 44.7 Å². The second-order valence-corrected chi connectivity index (χ2v) is 13.5. The van der Waals surface area contributed by atoms with Crippen LogP contribution in [0.15, 0.2) is 182 Å². The minimum atomic E-state index is 0.589. The fourth-order valence-corrected chi connectivity index (χ4v) is 7.96. The molecule has 54 heavy (non-hydrogen) atoms. The maximum atomic E-state index is 5.02. The van der Waals surface area contributed by atoms with Crippen molar-refractivity contribution >= 4 is 54.4 Å². The summed E-state index contributed by atoms with van der Waals surface area (Å²) in [6, 6.07) is 61.4. The molecular weight excluding hydrogens is 661 g/mol. The molecule has 0 amide bonds. The molecule has 7 aromatic carbocycles. The molecular formula is C48H30N6. The number of aromatic nitrogens is 6. The minimum absolute atomic E-state index is 0.589. The number of para-hydroxylation sites is 2. The molecule has 0 bridgehead atoms. The number of hydrogen-bond acceptors (Lipinski definition) is 4. The summed E-state index contributed by atoms with van der Waals surface area (Å²) in [7, 11) is 0. The van der Waals surface area contributed by atoms with Crippen LogP contribution in [0.25, 0.3) is 100 Å². The average molecular weight is 691 g/mol. The van der Waals surface area contributed by atoms with Gasteiger partial charge in [-0.05, 0) is 47.9 Å². The van der Waals surface area contributed by atoms with Crippen molar-refractivity contribution in [1.82, 2.24) is 29.1 Å². The van der Waals surface area contributed by atoms with Gasteiger partial charge >= 0.3 is 0 Å². The van der Waals surface area contributed by atoms with E-state index in [-0.39, 0.29) is 0 Å². The Morgan fingerprint density at radius 3 is 1.52 bits per heavy atom. The number of fused-ring (bicyclic) bond motifs is 7.